The minimum Gasteiger partial charge on any atom is -0.378 e. The van der Waals surface area contributed by atoms with Gasteiger partial charge in [-0.05, 0) is 7.05 Å². The minimum atomic E-state index is 0.131. The molecule has 0 spiro atoms. The number of ether oxygens (including phenoxy) is 1. The van der Waals surface area contributed by atoms with E-state index in [1.165, 1.54) is 0 Å². The summed E-state index contributed by atoms with van der Waals surface area (Å²) in [5, 5.41) is 0.600. The molecular formula is C12H19ClN4O2. The summed E-state index contributed by atoms with van der Waals surface area (Å²) in [6.45, 7) is 3.60. The average Bonchev–Trinajstić information content (AvgIpc) is 2.71. The monoisotopic (exact) mass is 286 g/mol. The first-order chi connectivity index (χ1) is 9.08. The first-order valence-electron chi connectivity index (χ1n) is 6.28. The molecular weight excluding hydrogens is 268 g/mol. The number of halogens is 1. The number of hydrogen-bond acceptors (Lipinski definition) is 4. The van der Waals surface area contributed by atoms with Crippen LogP contribution in [0.25, 0.3) is 0 Å². The third kappa shape index (κ3) is 3.68. The number of morpholine rings is 1. The number of carbonyl (C=O) groups is 1. The number of rotatable bonds is 4. The van der Waals surface area contributed by atoms with Crippen molar-refractivity contribution in [2.75, 3.05) is 39.9 Å². The first-order valence-corrected chi connectivity index (χ1v) is 6.66. The van der Waals surface area contributed by atoms with Gasteiger partial charge in [0.15, 0.2) is 0 Å². The van der Waals surface area contributed by atoms with Crippen LogP contribution in [-0.2, 0) is 23.1 Å². The normalized spacial score (nSPS) is 16.1. The minimum absolute atomic E-state index is 0.131. The van der Waals surface area contributed by atoms with Crippen molar-refractivity contribution in [2.24, 2.45) is 7.05 Å². The molecule has 106 valence electrons. The maximum Gasteiger partial charge on any atom is 0.236 e. The standard InChI is InChI=1S/C12H19ClN4O2/c1-15(8-11-14-7-10(13)16(11)2)9-12(18)17-3-5-19-6-4-17/h7H,3-6,8-9H2,1-2H3. The van der Waals surface area contributed by atoms with Gasteiger partial charge in [0.25, 0.3) is 0 Å². The Morgan fingerprint density at radius 2 is 2.21 bits per heavy atom. The highest BCUT2D eigenvalue weighted by atomic mass is 35.5. The van der Waals surface area contributed by atoms with Gasteiger partial charge in [-0.3, -0.25) is 9.69 Å². The molecule has 0 bridgehead atoms. The van der Waals surface area contributed by atoms with Crippen LogP contribution in [0.5, 0.6) is 0 Å². The maximum absolute atomic E-state index is 12.1. The van der Waals surface area contributed by atoms with Crippen molar-refractivity contribution in [2.45, 2.75) is 6.54 Å². The van der Waals surface area contributed by atoms with E-state index in [1.54, 1.807) is 6.20 Å². The van der Waals surface area contributed by atoms with Gasteiger partial charge in [-0.25, -0.2) is 4.98 Å². The van der Waals surface area contributed by atoms with E-state index >= 15 is 0 Å². The fraction of sp³-hybridized carbons (Fsp3) is 0.667. The van der Waals surface area contributed by atoms with Crippen LogP contribution < -0.4 is 0 Å². The summed E-state index contributed by atoms with van der Waals surface area (Å²) in [6, 6.07) is 0. The molecule has 1 saturated heterocycles. The van der Waals surface area contributed by atoms with Gasteiger partial charge in [0, 0.05) is 20.1 Å². The van der Waals surface area contributed by atoms with Crippen molar-refractivity contribution in [1.82, 2.24) is 19.4 Å². The number of nitrogens with zero attached hydrogens (tertiary/aromatic N) is 4. The zero-order valence-electron chi connectivity index (χ0n) is 11.3. The van der Waals surface area contributed by atoms with Gasteiger partial charge in [0.05, 0.1) is 32.5 Å². The summed E-state index contributed by atoms with van der Waals surface area (Å²) in [5.41, 5.74) is 0. The van der Waals surface area contributed by atoms with Gasteiger partial charge in [0.1, 0.15) is 11.0 Å². The van der Waals surface area contributed by atoms with Crippen molar-refractivity contribution in [3.05, 3.63) is 17.2 Å². The number of likely N-dealkylation sites (N-methyl/N-ethyl adjacent to an activating group) is 1. The van der Waals surface area contributed by atoms with Crippen molar-refractivity contribution in [1.29, 1.82) is 0 Å². The summed E-state index contributed by atoms with van der Waals surface area (Å²) in [6.07, 6.45) is 1.62. The molecule has 0 radical (unpaired) electrons. The molecule has 2 rings (SSSR count). The fourth-order valence-electron chi connectivity index (χ4n) is 2.01. The quantitative estimate of drug-likeness (QED) is 0.802. The Morgan fingerprint density at radius 1 is 1.53 bits per heavy atom. The maximum atomic E-state index is 12.1. The molecule has 1 fully saturated rings. The van der Waals surface area contributed by atoms with E-state index in [9.17, 15) is 4.79 Å². The van der Waals surface area contributed by atoms with E-state index in [0.29, 0.717) is 44.5 Å². The van der Waals surface area contributed by atoms with E-state index in [4.69, 9.17) is 16.3 Å². The number of hydrogen-bond donors (Lipinski definition) is 0. The van der Waals surface area contributed by atoms with Crippen molar-refractivity contribution in [3.63, 3.8) is 0 Å². The molecule has 0 N–H and O–H groups in total. The Bertz CT molecular complexity index is 443. The van der Waals surface area contributed by atoms with Crippen LogP contribution >= 0.6 is 11.6 Å². The van der Waals surface area contributed by atoms with Gasteiger partial charge in [-0.1, -0.05) is 11.6 Å². The zero-order chi connectivity index (χ0) is 13.8. The molecule has 1 aliphatic rings. The van der Waals surface area contributed by atoms with Crippen LogP contribution in [0, 0.1) is 0 Å². The second-order valence-corrected chi connectivity index (χ2v) is 5.11. The van der Waals surface area contributed by atoms with Crippen molar-refractivity contribution < 1.29 is 9.53 Å². The lowest BCUT2D eigenvalue weighted by molar-refractivity contribution is -0.136. The van der Waals surface area contributed by atoms with Crippen molar-refractivity contribution in [3.8, 4) is 0 Å². The Kier molecular flexibility index (Phi) is 4.79. The molecule has 2 heterocycles. The molecule has 7 heteroatoms. The molecule has 1 amide bonds. The number of aromatic nitrogens is 2. The third-order valence-corrected chi connectivity index (χ3v) is 3.56. The highest BCUT2D eigenvalue weighted by molar-refractivity contribution is 6.29. The number of carbonyl (C=O) groups excluding carboxylic acids is 1. The van der Waals surface area contributed by atoms with E-state index < -0.39 is 0 Å². The largest absolute Gasteiger partial charge is 0.378 e. The van der Waals surface area contributed by atoms with Crippen LogP contribution in [0.3, 0.4) is 0 Å². The van der Waals surface area contributed by atoms with Gasteiger partial charge in [-0.15, -0.1) is 0 Å². The van der Waals surface area contributed by atoms with E-state index in [2.05, 4.69) is 4.98 Å². The molecule has 1 aliphatic heterocycles. The van der Waals surface area contributed by atoms with E-state index in [1.807, 2.05) is 28.5 Å². The summed E-state index contributed by atoms with van der Waals surface area (Å²) in [4.78, 5) is 20.1. The van der Waals surface area contributed by atoms with Crippen LogP contribution in [-0.4, -0.2) is 65.2 Å². The van der Waals surface area contributed by atoms with Crippen LogP contribution in [0.2, 0.25) is 5.15 Å². The second kappa shape index (κ2) is 6.36. The molecule has 19 heavy (non-hydrogen) atoms. The third-order valence-electron chi connectivity index (χ3n) is 3.21. The van der Waals surface area contributed by atoms with Crippen LogP contribution in [0.15, 0.2) is 6.20 Å². The van der Waals surface area contributed by atoms with E-state index in [0.717, 1.165) is 5.82 Å². The number of imidazole rings is 1. The topological polar surface area (TPSA) is 50.6 Å². The molecule has 0 unspecified atom stereocenters. The molecule has 0 aliphatic carbocycles. The molecule has 1 aromatic heterocycles. The lowest BCUT2D eigenvalue weighted by Crippen LogP contribution is -2.45. The van der Waals surface area contributed by atoms with Crippen LogP contribution in [0.4, 0.5) is 0 Å². The molecule has 0 atom stereocenters. The van der Waals surface area contributed by atoms with Gasteiger partial charge < -0.3 is 14.2 Å². The lowest BCUT2D eigenvalue weighted by atomic mass is 10.3. The predicted octanol–water partition coefficient (Wildman–Crippen LogP) is 0.364. The summed E-state index contributed by atoms with van der Waals surface area (Å²) in [5.74, 6) is 0.980. The Morgan fingerprint density at radius 3 is 2.79 bits per heavy atom. The average molecular weight is 287 g/mol. The van der Waals surface area contributed by atoms with Gasteiger partial charge >= 0.3 is 0 Å². The Hall–Kier alpha value is -1.11. The molecule has 0 aromatic carbocycles. The zero-order valence-corrected chi connectivity index (χ0v) is 12.1. The SMILES string of the molecule is CN(CC(=O)N1CCOCC1)Cc1ncc(Cl)n1C. The summed E-state index contributed by atoms with van der Waals surface area (Å²) in [7, 11) is 3.77. The van der Waals surface area contributed by atoms with Crippen LogP contribution in [0.1, 0.15) is 5.82 Å². The van der Waals surface area contributed by atoms with Crippen molar-refractivity contribution >= 4 is 17.5 Å². The van der Waals surface area contributed by atoms with E-state index in [-0.39, 0.29) is 5.91 Å². The van der Waals surface area contributed by atoms with Gasteiger partial charge in [0.2, 0.25) is 5.91 Å². The highest BCUT2D eigenvalue weighted by Crippen LogP contribution is 2.10. The van der Waals surface area contributed by atoms with Gasteiger partial charge in [-0.2, -0.15) is 0 Å². The lowest BCUT2D eigenvalue weighted by Gasteiger charge is -2.28. The highest BCUT2D eigenvalue weighted by Gasteiger charge is 2.18. The second-order valence-electron chi connectivity index (χ2n) is 4.72. The Labute approximate surface area is 117 Å². The molecule has 0 saturated carbocycles. The predicted molar refractivity (Wildman–Crippen MR) is 72.0 cm³/mol. The first kappa shape index (κ1) is 14.3. The molecule has 6 nitrogen and oxygen atoms in total. The summed E-state index contributed by atoms with van der Waals surface area (Å²) < 4.78 is 7.05. The smallest absolute Gasteiger partial charge is 0.236 e. The number of amides is 1. The fourth-order valence-corrected chi connectivity index (χ4v) is 2.16. The molecule has 1 aromatic rings. The summed E-state index contributed by atoms with van der Waals surface area (Å²) >= 11 is 5.93. The Balaban J connectivity index is 1.85.